The lowest BCUT2D eigenvalue weighted by molar-refractivity contribution is -0.0132. The van der Waals surface area contributed by atoms with Gasteiger partial charge in [0.1, 0.15) is 5.75 Å². The minimum absolute atomic E-state index is 0. The van der Waals surface area contributed by atoms with Crippen molar-refractivity contribution in [2.24, 2.45) is 11.8 Å². The number of piperidine rings is 1. The van der Waals surface area contributed by atoms with Gasteiger partial charge in [-0.05, 0) is 97.9 Å². The summed E-state index contributed by atoms with van der Waals surface area (Å²) in [6, 6.07) is 14.0. The van der Waals surface area contributed by atoms with Gasteiger partial charge in [0.2, 0.25) is 0 Å². The molecule has 2 heterocycles. The number of likely N-dealkylation sites (tertiary alicyclic amines) is 1. The number of hydrogen-bond acceptors (Lipinski definition) is 5. The van der Waals surface area contributed by atoms with E-state index in [0.717, 1.165) is 35.3 Å². The molecule has 0 spiro atoms. The number of methoxy groups -OCH3 is 1. The third-order valence-corrected chi connectivity index (χ3v) is 10.2. The monoisotopic (exact) mass is 545 g/mol. The maximum atomic E-state index is 5.38. The lowest BCUT2D eigenvalue weighted by Crippen LogP contribution is -2.61. The summed E-state index contributed by atoms with van der Waals surface area (Å²) in [5.74, 6) is 2.74. The lowest BCUT2D eigenvalue weighted by atomic mass is 9.52. The number of rotatable bonds is 6. The fourth-order valence-electron chi connectivity index (χ4n) is 7.41. The van der Waals surface area contributed by atoms with Crippen molar-refractivity contribution in [3.8, 4) is 5.75 Å². The third-order valence-electron chi connectivity index (χ3n) is 9.22. The molecule has 36 heavy (non-hydrogen) atoms. The first-order valence-electron chi connectivity index (χ1n) is 13.3. The van der Waals surface area contributed by atoms with E-state index in [-0.39, 0.29) is 24.8 Å². The van der Waals surface area contributed by atoms with Gasteiger partial charge in [-0.15, -0.1) is 24.8 Å². The van der Waals surface area contributed by atoms with E-state index in [4.69, 9.17) is 9.72 Å². The largest absolute Gasteiger partial charge is 0.497 e. The number of fused-ring (bicyclic) bond motifs is 2. The number of ether oxygens (including phenoxy) is 1. The molecule has 7 rings (SSSR count). The molecule has 4 nitrogen and oxygen atoms in total. The van der Waals surface area contributed by atoms with Crippen LogP contribution in [0.1, 0.15) is 61.6 Å². The summed E-state index contributed by atoms with van der Waals surface area (Å²) in [4.78, 5) is 7.96. The molecule has 2 aromatic carbocycles. The molecule has 1 saturated heterocycles. The summed E-state index contributed by atoms with van der Waals surface area (Å²) in [5, 5.41) is 4.60. The minimum Gasteiger partial charge on any atom is -0.497 e. The molecule has 0 radical (unpaired) electrons. The highest BCUT2D eigenvalue weighted by Crippen LogP contribution is 2.56. The molecule has 3 atom stereocenters. The molecule has 4 aliphatic rings. The smallest absolute Gasteiger partial charge is 0.184 e. The average molecular weight is 547 g/mol. The van der Waals surface area contributed by atoms with Gasteiger partial charge in [0, 0.05) is 24.5 Å². The van der Waals surface area contributed by atoms with Crippen molar-refractivity contribution in [1.29, 1.82) is 0 Å². The molecule has 3 aliphatic carbocycles. The topological polar surface area (TPSA) is 37.4 Å². The van der Waals surface area contributed by atoms with Crippen molar-refractivity contribution in [2.75, 3.05) is 25.5 Å². The molecule has 3 aromatic rings. The molecule has 194 valence electrons. The second-order valence-electron chi connectivity index (χ2n) is 11.2. The SMILES string of the molecule is COc1cccc(CNc2nc3cc4c(cc3s2)C[C@@H]2[C@@H]3CCCC[C@]43CCN2CC2CC2)c1.Cl.Cl. The number of benzene rings is 2. The van der Waals surface area contributed by atoms with Crippen molar-refractivity contribution < 1.29 is 4.74 Å². The van der Waals surface area contributed by atoms with E-state index in [1.165, 1.54) is 80.2 Å². The average Bonchev–Trinajstić information content (AvgIpc) is 3.60. The van der Waals surface area contributed by atoms with Crippen LogP contribution < -0.4 is 10.1 Å². The molecular weight excluding hydrogens is 509 g/mol. The first kappa shape index (κ1) is 26.1. The van der Waals surface area contributed by atoms with Gasteiger partial charge in [0.15, 0.2) is 5.13 Å². The molecule has 2 bridgehead atoms. The first-order chi connectivity index (χ1) is 16.7. The Bertz CT molecular complexity index is 1230. The highest BCUT2D eigenvalue weighted by molar-refractivity contribution is 7.22. The highest BCUT2D eigenvalue weighted by Gasteiger charge is 2.54. The van der Waals surface area contributed by atoms with Crippen molar-refractivity contribution in [1.82, 2.24) is 9.88 Å². The van der Waals surface area contributed by atoms with Crippen LogP contribution in [0, 0.1) is 11.8 Å². The van der Waals surface area contributed by atoms with Crippen LogP contribution in [0.5, 0.6) is 5.75 Å². The van der Waals surface area contributed by atoms with Crippen LogP contribution in [-0.2, 0) is 18.4 Å². The van der Waals surface area contributed by atoms with Gasteiger partial charge in [0.05, 0.1) is 17.3 Å². The molecular formula is C29H37Cl2N3OS. The van der Waals surface area contributed by atoms with Crippen molar-refractivity contribution in [3.05, 3.63) is 53.1 Å². The molecule has 1 aliphatic heterocycles. The summed E-state index contributed by atoms with van der Waals surface area (Å²) in [6.45, 7) is 3.42. The van der Waals surface area contributed by atoms with E-state index in [9.17, 15) is 0 Å². The Kier molecular flexibility index (Phi) is 7.48. The Labute approximate surface area is 231 Å². The summed E-state index contributed by atoms with van der Waals surface area (Å²) in [5.41, 5.74) is 6.10. The summed E-state index contributed by atoms with van der Waals surface area (Å²) in [7, 11) is 1.72. The standard InChI is InChI=1S/C29H35N3OS.2ClH/c1-33-22-6-4-5-20(13-22)17-30-28-31-25-16-24-21(15-27(25)34-28)14-26-23-7-2-3-10-29(23,24)11-12-32(26)18-19-8-9-19;;/h4-6,13,15-16,19,23,26H,2-3,7-12,14,17-18H2,1H3,(H,30,31);2*1H/t23-,26+,29+;;/m0../s1. The molecule has 1 aromatic heterocycles. The lowest BCUT2D eigenvalue weighted by Gasteiger charge is -2.59. The summed E-state index contributed by atoms with van der Waals surface area (Å²) < 4.78 is 6.71. The van der Waals surface area contributed by atoms with Crippen molar-refractivity contribution in [3.63, 3.8) is 0 Å². The second kappa shape index (κ2) is 10.3. The Morgan fingerprint density at radius 1 is 1.11 bits per heavy atom. The van der Waals surface area contributed by atoms with Gasteiger partial charge in [-0.3, -0.25) is 4.90 Å². The molecule has 7 heteroatoms. The van der Waals surface area contributed by atoms with Gasteiger partial charge in [0.25, 0.3) is 0 Å². The normalized spacial score (nSPS) is 26.8. The highest BCUT2D eigenvalue weighted by atomic mass is 35.5. The fraction of sp³-hybridized carbons (Fsp3) is 0.552. The van der Waals surface area contributed by atoms with E-state index < -0.39 is 0 Å². The Hall–Kier alpha value is -1.53. The Balaban J connectivity index is 0.00000133. The second-order valence-corrected chi connectivity index (χ2v) is 12.2. The summed E-state index contributed by atoms with van der Waals surface area (Å²) >= 11 is 1.81. The van der Waals surface area contributed by atoms with Crippen LogP contribution in [0.15, 0.2) is 36.4 Å². The van der Waals surface area contributed by atoms with E-state index in [1.54, 1.807) is 18.2 Å². The molecule has 1 N–H and O–H groups in total. The number of nitrogens with zero attached hydrogens (tertiary/aromatic N) is 2. The zero-order valence-corrected chi connectivity index (χ0v) is 23.5. The number of anilines is 1. The zero-order chi connectivity index (χ0) is 22.7. The van der Waals surface area contributed by atoms with Crippen LogP contribution in [0.3, 0.4) is 0 Å². The van der Waals surface area contributed by atoms with E-state index >= 15 is 0 Å². The number of thiazole rings is 1. The van der Waals surface area contributed by atoms with Gasteiger partial charge >= 0.3 is 0 Å². The van der Waals surface area contributed by atoms with Crippen LogP contribution in [0.4, 0.5) is 5.13 Å². The Morgan fingerprint density at radius 3 is 2.83 bits per heavy atom. The van der Waals surface area contributed by atoms with Gasteiger partial charge in [-0.2, -0.15) is 0 Å². The maximum Gasteiger partial charge on any atom is 0.184 e. The van der Waals surface area contributed by atoms with Crippen LogP contribution in [0.2, 0.25) is 0 Å². The van der Waals surface area contributed by atoms with Crippen molar-refractivity contribution >= 4 is 51.5 Å². The van der Waals surface area contributed by atoms with Gasteiger partial charge < -0.3 is 10.1 Å². The predicted octanol–water partition coefficient (Wildman–Crippen LogP) is 7.23. The molecule has 0 amide bonds. The summed E-state index contributed by atoms with van der Waals surface area (Å²) in [6.07, 6.45) is 11.1. The van der Waals surface area contributed by atoms with Crippen LogP contribution in [0.25, 0.3) is 10.2 Å². The Morgan fingerprint density at radius 2 is 2.00 bits per heavy atom. The van der Waals surface area contributed by atoms with Crippen molar-refractivity contribution in [2.45, 2.75) is 69.4 Å². The number of hydrogen-bond donors (Lipinski definition) is 1. The van der Waals surface area contributed by atoms with E-state index in [1.807, 2.05) is 23.5 Å². The predicted molar refractivity (Wildman–Crippen MR) is 154 cm³/mol. The number of aromatic nitrogens is 1. The molecule has 0 unspecified atom stereocenters. The van der Waals surface area contributed by atoms with Crippen LogP contribution >= 0.6 is 36.2 Å². The fourth-order valence-corrected chi connectivity index (χ4v) is 8.32. The van der Waals surface area contributed by atoms with E-state index in [2.05, 4.69) is 34.5 Å². The van der Waals surface area contributed by atoms with Gasteiger partial charge in [-0.25, -0.2) is 4.98 Å². The van der Waals surface area contributed by atoms with E-state index in [0.29, 0.717) is 5.41 Å². The number of nitrogens with one attached hydrogen (secondary N) is 1. The van der Waals surface area contributed by atoms with Gasteiger partial charge in [-0.1, -0.05) is 36.3 Å². The zero-order valence-electron chi connectivity index (χ0n) is 21.0. The minimum atomic E-state index is 0. The molecule has 2 saturated carbocycles. The third kappa shape index (κ3) is 4.51. The molecule has 3 fully saturated rings. The van der Waals surface area contributed by atoms with Crippen LogP contribution in [-0.4, -0.2) is 36.1 Å². The quantitative estimate of drug-likeness (QED) is 0.354. The number of halogens is 2. The maximum absolute atomic E-state index is 5.38. The first-order valence-corrected chi connectivity index (χ1v) is 14.1.